The minimum Gasteiger partial charge on any atom is -0.465 e. The molecule has 0 N–H and O–H groups in total. The zero-order chi connectivity index (χ0) is 12.3. The van der Waals surface area contributed by atoms with Crippen molar-refractivity contribution in [3.05, 3.63) is 36.0 Å². The van der Waals surface area contributed by atoms with Crippen molar-refractivity contribution in [3.8, 4) is 0 Å². The summed E-state index contributed by atoms with van der Waals surface area (Å²) in [6.45, 7) is 9.37. The number of halogens is 1. The van der Waals surface area contributed by atoms with Crippen molar-refractivity contribution in [2.24, 2.45) is 0 Å². The number of rotatable bonds is 4. The van der Waals surface area contributed by atoms with Crippen molar-refractivity contribution in [3.63, 3.8) is 0 Å². The highest BCUT2D eigenvalue weighted by Gasteiger charge is 2.11. The SMILES string of the molecule is C=C/C=C(CBr)\C(=C/C)C(=O)OC.CC. The van der Waals surface area contributed by atoms with E-state index in [-0.39, 0.29) is 5.97 Å². The lowest BCUT2D eigenvalue weighted by Gasteiger charge is -2.05. The van der Waals surface area contributed by atoms with Crippen LogP contribution in [-0.2, 0) is 9.53 Å². The first-order chi connectivity index (χ1) is 7.21. The van der Waals surface area contributed by atoms with Gasteiger partial charge in [-0.25, -0.2) is 4.79 Å². The normalized spacial score (nSPS) is 11.3. The van der Waals surface area contributed by atoms with E-state index < -0.39 is 0 Å². The van der Waals surface area contributed by atoms with Gasteiger partial charge in [0, 0.05) is 5.33 Å². The Morgan fingerprint density at radius 3 is 2.27 bits per heavy atom. The van der Waals surface area contributed by atoms with Crippen LogP contribution in [-0.4, -0.2) is 18.4 Å². The first kappa shape index (κ1) is 16.6. The highest BCUT2D eigenvalue weighted by molar-refractivity contribution is 9.09. The molecule has 0 saturated heterocycles. The summed E-state index contributed by atoms with van der Waals surface area (Å²) in [5.41, 5.74) is 1.43. The molecule has 3 heteroatoms. The van der Waals surface area contributed by atoms with E-state index in [0.717, 1.165) is 5.57 Å². The molecule has 0 saturated carbocycles. The van der Waals surface area contributed by atoms with Gasteiger partial charge >= 0.3 is 5.97 Å². The van der Waals surface area contributed by atoms with Gasteiger partial charge in [0.15, 0.2) is 0 Å². The van der Waals surface area contributed by atoms with Crippen molar-refractivity contribution in [1.82, 2.24) is 0 Å². The Hall–Kier alpha value is -0.830. The molecule has 0 atom stereocenters. The molecule has 0 heterocycles. The molecule has 0 aromatic heterocycles. The molecular weight excluding hydrogens is 256 g/mol. The molecule has 0 unspecified atom stereocenters. The Morgan fingerprint density at radius 2 is 2.00 bits per heavy atom. The number of alkyl halides is 1. The van der Waals surface area contributed by atoms with E-state index in [2.05, 4.69) is 27.2 Å². The largest absolute Gasteiger partial charge is 0.465 e. The van der Waals surface area contributed by atoms with Crippen LogP contribution >= 0.6 is 15.9 Å². The molecule has 2 nitrogen and oxygen atoms in total. The maximum Gasteiger partial charge on any atom is 0.337 e. The van der Waals surface area contributed by atoms with Gasteiger partial charge in [-0.05, 0) is 12.5 Å². The van der Waals surface area contributed by atoms with Gasteiger partial charge in [0.1, 0.15) is 0 Å². The molecule has 0 spiro atoms. The van der Waals surface area contributed by atoms with Crippen LogP contribution in [0.1, 0.15) is 20.8 Å². The number of esters is 1. The molecule has 0 bridgehead atoms. The van der Waals surface area contributed by atoms with Crippen LogP contribution in [0, 0.1) is 0 Å². The van der Waals surface area contributed by atoms with Crippen molar-refractivity contribution < 1.29 is 9.53 Å². The molecule has 0 aromatic rings. The summed E-state index contributed by atoms with van der Waals surface area (Å²) in [5.74, 6) is -0.324. The van der Waals surface area contributed by atoms with Crippen LogP contribution in [0.3, 0.4) is 0 Å². The highest BCUT2D eigenvalue weighted by atomic mass is 79.9. The molecule has 0 radical (unpaired) electrons. The van der Waals surface area contributed by atoms with Gasteiger partial charge in [0.05, 0.1) is 12.7 Å². The third-order valence-corrected chi connectivity index (χ3v) is 2.11. The van der Waals surface area contributed by atoms with Gasteiger partial charge in [-0.15, -0.1) is 0 Å². The number of carbonyl (C=O) groups is 1. The van der Waals surface area contributed by atoms with Crippen LogP contribution in [0.4, 0.5) is 0 Å². The Bertz CT molecular complexity index is 252. The smallest absolute Gasteiger partial charge is 0.337 e. The predicted octanol–water partition coefficient (Wildman–Crippen LogP) is 3.64. The van der Waals surface area contributed by atoms with Crippen LogP contribution in [0.2, 0.25) is 0 Å². The first-order valence-electron chi connectivity index (χ1n) is 4.83. The fourth-order valence-corrected chi connectivity index (χ4v) is 1.38. The Morgan fingerprint density at radius 1 is 1.47 bits per heavy atom. The topological polar surface area (TPSA) is 26.3 Å². The average Bonchev–Trinajstić information content (AvgIpc) is 2.31. The number of allylic oxidation sites excluding steroid dienone is 3. The van der Waals surface area contributed by atoms with Crippen molar-refractivity contribution >= 4 is 21.9 Å². The molecule has 0 aliphatic heterocycles. The fourth-order valence-electron chi connectivity index (χ4n) is 0.893. The standard InChI is InChI=1S/C10H13BrO2.C2H6/c1-4-6-8(7-11)9(5-2)10(12)13-3;1-2/h4-6H,1,7H2,2-3H3;1-2H3/b8-6-,9-5+;. The Labute approximate surface area is 101 Å². The minimum absolute atomic E-state index is 0.324. The first-order valence-corrected chi connectivity index (χ1v) is 5.96. The second kappa shape index (κ2) is 11.2. The summed E-state index contributed by atoms with van der Waals surface area (Å²) < 4.78 is 4.63. The fraction of sp³-hybridized carbons (Fsp3) is 0.417. The quantitative estimate of drug-likeness (QED) is 0.339. The van der Waals surface area contributed by atoms with Gasteiger partial charge in [-0.2, -0.15) is 0 Å². The van der Waals surface area contributed by atoms with E-state index in [4.69, 9.17) is 0 Å². The van der Waals surface area contributed by atoms with Crippen LogP contribution in [0.25, 0.3) is 0 Å². The van der Waals surface area contributed by atoms with E-state index in [1.54, 1.807) is 25.2 Å². The number of hydrogen-bond acceptors (Lipinski definition) is 2. The van der Waals surface area contributed by atoms with Gasteiger partial charge in [0.25, 0.3) is 0 Å². The van der Waals surface area contributed by atoms with Crippen molar-refractivity contribution in [1.29, 1.82) is 0 Å². The van der Waals surface area contributed by atoms with Crippen molar-refractivity contribution in [2.45, 2.75) is 20.8 Å². The number of methoxy groups -OCH3 is 1. The van der Waals surface area contributed by atoms with Crippen LogP contribution < -0.4 is 0 Å². The summed E-state index contributed by atoms with van der Waals surface area (Å²) in [5, 5.41) is 0.605. The third kappa shape index (κ3) is 6.28. The van der Waals surface area contributed by atoms with Gasteiger partial charge in [0.2, 0.25) is 0 Å². The lowest BCUT2D eigenvalue weighted by molar-refractivity contribution is -0.135. The summed E-state index contributed by atoms with van der Waals surface area (Å²) in [7, 11) is 1.37. The van der Waals surface area contributed by atoms with Gasteiger partial charge < -0.3 is 4.74 Å². The zero-order valence-electron chi connectivity index (χ0n) is 9.84. The monoisotopic (exact) mass is 274 g/mol. The average molecular weight is 275 g/mol. The van der Waals surface area contributed by atoms with E-state index in [1.165, 1.54) is 7.11 Å². The molecule has 0 aromatic carbocycles. The summed E-state index contributed by atoms with van der Waals surface area (Å²) in [6.07, 6.45) is 5.15. The lowest BCUT2D eigenvalue weighted by Crippen LogP contribution is -2.07. The van der Waals surface area contributed by atoms with Gasteiger partial charge in [-0.1, -0.05) is 54.6 Å². The second-order valence-corrected chi connectivity index (χ2v) is 2.82. The van der Waals surface area contributed by atoms with E-state index >= 15 is 0 Å². The summed E-state index contributed by atoms with van der Waals surface area (Å²) in [4.78, 5) is 11.2. The molecular formula is C12H19BrO2. The van der Waals surface area contributed by atoms with Crippen LogP contribution in [0.15, 0.2) is 36.0 Å². The van der Waals surface area contributed by atoms with Crippen LogP contribution in [0.5, 0.6) is 0 Å². The Kier molecular flexibility index (Phi) is 12.4. The Balaban J connectivity index is 0. The molecule has 0 fully saturated rings. The molecule has 0 rings (SSSR count). The minimum atomic E-state index is -0.324. The zero-order valence-corrected chi connectivity index (χ0v) is 11.4. The molecule has 0 aliphatic carbocycles. The summed E-state index contributed by atoms with van der Waals surface area (Å²) >= 11 is 3.29. The number of ether oxygens (including phenoxy) is 1. The van der Waals surface area contributed by atoms with Crippen molar-refractivity contribution in [2.75, 3.05) is 12.4 Å². The maximum atomic E-state index is 11.2. The highest BCUT2D eigenvalue weighted by Crippen LogP contribution is 2.14. The second-order valence-electron chi connectivity index (χ2n) is 2.26. The summed E-state index contributed by atoms with van der Waals surface area (Å²) in [6, 6.07) is 0. The van der Waals surface area contributed by atoms with E-state index in [9.17, 15) is 4.79 Å². The number of hydrogen-bond donors (Lipinski definition) is 0. The van der Waals surface area contributed by atoms with E-state index in [0.29, 0.717) is 10.9 Å². The molecule has 15 heavy (non-hydrogen) atoms. The lowest BCUT2D eigenvalue weighted by atomic mass is 10.1. The predicted molar refractivity (Wildman–Crippen MR) is 69.2 cm³/mol. The van der Waals surface area contributed by atoms with E-state index in [1.807, 2.05) is 13.8 Å². The number of carbonyl (C=O) groups excluding carboxylic acids is 1. The molecule has 86 valence electrons. The third-order valence-electron chi connectivity index (χ3n) is 1.50. The molecule has 0 amide bonds. The van der Waals surface area contributed by atoms with Gasteiger partial charge in [-0.3, -0.25) is 0 Å². The maximum absolute atomic E-state index is 11.2. The molecule has 0 aliphatic rings.